The van der Waals surface area contributed by atoms with E-state index in [2.05, 4.69) is 10.4 Å². The highest BCUT2D eigenvalue weighted by atomic mass is 16.5. The Morgan fingerprint density at radius 2 is 2.10 bits per heavy atom. The van der Waals surface area contributed by atoms with Crippen molar-refractivity contribution in [2.75, 3.05) is 6.61 Å². The lowest BCUT2D eigenvalue weighted by Gasteiger charge is -2.41. The van der Waals surface area contributed by atoms with Gasteiger partial charge in [0.2, 0.25) is 0 Å². The molecule has 1 aromatic heterocycles. The van der Waals surface area contributed by atoms with Gasteiger partial charge in [0.15, 0.2) is 12.4 Å². The summed E-state index contributed by atoms with van der Waals surface area (Å²) >= 11 is 0. The van der Waals surface area contributed by atoms with Gasteiger partial charge in [-0.25, -0.2) is 0 Å². The Bertz CT molecular complexity index is 561. The van der Waals surface area contributed by atoms with Gasteiger partial charge < -0.3 is 15.2 Å². The van der Waals surface area contributed by atoms with Gasteiger partial charge in [0, 0.05) is 7.05 Å². The molecule has 1 aliphatic carbocycles. The molecular weight excluding hydrogens is 274 g/mol. The Hall–Kier alpha value is -2.05. The van der Waals surface area contributed by atoms with Gasteiger partial charge in [-0.15, -0.1) is 0 Å². The maximum atomic E-state index is 12.0. The minimum absolute atomic E-state index is 0.0380. The number of nitrogens with zero attached hydrogens (tertiary/aromatic N) is 2. The second-order valence-electron chi connectivity index (χ2n) is 5.66. The summed E-state index contributed by atoms with van der Waals surface area (Å²) in [5.41, 5.74) is 0.988. The summed E-state index contributed by atoms with van der Waals surface area (Å²) in [6.07, 6.45) is 2.31. The van der Waals surface area contributed by atoms with E-state index in [1.165, 1.54) is 0 Å². The predicted octanol–water partition coefficient (Wildman–Crippen LogP) is 0.929. The van der Waals surface area contributed by atoms with Gasteiger partial charge in [0.1, 0.15) is 5.69 Å². The summed E-state index contributed by atoms with van der Waals surface area (Å²) in [6, 6.07) is 0. The molecule has 1 saturated carbocycles. The van der Waals surface area contributed by atoms with Crippen molar-refractivity contribution in [1.82, 2.24) is 15.1 Å². The Labute approximate surface area is 123 Å². The first-order chi connectivity index (χ1) is 9.83. The lowest BCUT2D eigenvalue weighted by atomic mass is 9.74. The molecule has 21 heavy (non-hydrogen) atoms. The van der Waals surface area contributed by atoms with Crippen LogP contribution < -0.4 is 10.1 Å². The van der Waals surface area contributed by atoms with Crippen molar-refractivity contribution in [3.05, 3.63) is 11.4 Å². The van der Waals surface area contributed by atoms with Crippen LogP contribution in [0.4, 0.5) is 0 Å². The van der Waals surface area contributed by atoms with Gasteiger partial charge in [-0.3, -0.25) is 14.3 Å². The van der Waals surface area contributed by atoms with Crippen LogP contribution in [0.5, 0.6) is 5.75 Å². The molecule has 0 aromatic carbocycles. The highest BCUT2D eigenvalue weighted by Gasteiger charge is 2.40. The third-order valence-electron chi connectivity index (χ3n) is 4.00. The van der Waals surface area contributed by atoms with Crippen molar-refractivity contribution in [1.29, 1.82) is 0 Å². The summed E-state index contributed by atoms with van der Waals surface area (Å²) in [6.45, 7) is 3.55. The van der Waals surface area contributed by atoms with Gasteiger partial charge in [0.05, 0.1) is 17.7 Å². The molecule has 1 amide bonds. The number of carboxylic acid groups (broad SMARTS) is 1. The van der Waals surface area contributed by atoms with E-state index in [1.54, 1.807) is 4.68 Å². The van der Waals surface area contributed by atoms with Gasteiger partial charge in [0.25, 0.3) is 5.91 Å². The van der Waals surface area contributed by atoms with E-state index in [0.29, 0.717) is 18.6 Å². The SMILES string of the molecule is Cc1nn(C)c(C)c1OCC(=O)NC1(CC(=O)O)CCC1. The van der Waals surface area contributed by atoms with Crippen LogP contribution in [0.2, 0.25) is 0 Å². The lowest BCUT2D eigenvalue weighted by molar-refractivity contribution is -0.140. The minimum atomic E-state index is -0.894. The molecular formula is C14H21N3O4. The van der Waals surface area contributed by atoms with Crippen LogP contribution in [0.1, 0.15) is 37.1 Å². The Kier molecular flexibility index (Phi) is 4.20. The van der Waals surface area contributed by atoms with Crippen LogP contribution in [0, 0.1) is 13.8 Å². The second-order valence-corrected chi connectivity index (χ2v) is 5.66. The van der Waals surface area contributed by atoms with Crippen LogP contribution in [-0.4, -0.2) is 38.9 Å². The number of aromatic nitrogens is 2. The fourth-order valence-electron chi connectivity index (χ4n) is 2.67. The molecule has 1 fully saturated rings. The highest BCUT2D eigenvalue weighted by Crippen LogP contribution is 2.34. The number of hydrogen-bond donors (Lipinski definition) is 2. The molecule has 0 atom stereocenters. The molecule has 1 heterocycles. The predicted molar refractivity (Wildman–Crippen MR) is 75.2 cm³/mol. The van der Waals surface area contributed by atoms with E-state index in [9.17, 15) is 9.59 Å². The number of nitrogens with one attached hydrogen (secondary N) is 1. The third kappa shape index (κ3) is 3.34. The molecule has 116 valence electrons. The zero-order chi connectivity index (χ0) is 15.6. The number of carboxylic acids is 1. The summed E-state index contributed by atoms with van der Waals surface area (Å²) in [7, 11) is 1.81. The van der Waals surface area contributed by atoms with Crippen molar-refractivity contribution in [2.24, 2.45) is 7.05 Å². The van der Waals surface area contributed by atoms with Gasteiger partial charge >= 0.3 is 5.97 Å². The second kappa shape index (κ2) is 5.75. The Morgan fingerprint density at radius 3 is 2.52 bits per heavy atom. The zero-order valence-electron chi connectivity index (χ0n) is 12.6. The maximum absolute atomic E-state index is 12.0. The first-order valence-corrected chi connectivity index (χ1v) is 6.99. The molecule has 1 aliphatic rings. The molecule has 0 aliphatic heterocycles. The van der Waals surface area contributed by atoms with Crippen LogP contribution >= 0.6 is 0 Å². The number of amides is 1. The van der Waals surface area contributed by atoms with Gasteiger partial charge in [-0.05, 0) is 33.1 Å². The van der Waals surface area contributed by atoms with Crippen molar-refractivity contribution >= 4 is 11.9 Å². The first-order valence-electron chi connectivity index (χ1n) is 6.99. The van der Waals surface area contributed by atoms with Crippen LogP contribution in [-0.2, 0) is 16.6 Å². The van der Waals surface area contributed by atoms with E-state index in [-0.39, 0.29) is 18.9 Å². The maximum Gasteiger partial charge on any atom is 0.305 e. The molecule has 0 radical (unpaired) electrons. The molecule has 0 spiro atoms. The average Bonchev–Trinajstić information content (AvgIpc) is 2.58. The quantitative estimate of drug-likeness (QED) is 0.814. The first kappa shape index (κ1) is 15.3. The van der Waals surface area contributed by atoms with E-state index >= 15 is 0 Å². The van der Waals surface area contributed by atoms with Gasteiger partial charge in [-0.2, -0.15) is 5.10 Å². The summed E-state index contributed by atoms with van der Waals surface area (Å²) < 4.78 is 7.22. The van der Waals surface area contributed by atoms with E-state index in [4.69, 9.17) is 9.84 Å². The molecule has 7 heteroatoms. The molecule has 0 saturated heterocycles. The number of hydrogen-bond acceptors (Lipinski definition) is 4. The molecule has 0 bridgehead atoms. The Morgan fingerprint density at radius 1 is 1.43 bits per heavy atom. The lowest BCUT2D eigenvalue weighted by Crippen LogP contribution is -2.55. The number of aryl methyl sites for hydroxylation is 2. The Balaban J connectivity index is 1.91. The largest absolute Gasteiger partial charge is 0.481 e. The van der Waals surface area contributed by atoms with Crippen molar-refractivity contribution in [3.8, 4) is 5.75 Å². The molecule has 2 N–H and O–H groups in total. The van der Waals surface area contributed by atoms with E-state index < -0.39 is 11.5 Å². The molecule has 7 nitrogen and oxygen atoms in total. The standard InChI is InChI=1S/C14H21N3O4/c1-9-13(10(2)17(3)16-9)21-8-11(18)15-14(5-4-6-14)7-12(19)20/h4-8H2,1-3H3,(H,15,18)(H,19,20). The fraction of sp³-hybridized carbons (Fsp3) is 0.643. The van der Waals surface area contributed by atoms with Crippen molar-refractivity contribution in [2.45, 2.75) is 45.1 Å². The third-order valence-corrected chi connectivity index (χ3v) is 4.00. The summed E-state index contributed by atoms with van der Waals surface area (Å²) in [5.74, 6) is -0.581. The van der Waals surface area contributed by atoms with Crippen LogP contribution in [0.3, 0.4) is 0 Å². The molecule has 2 rings (SSSR count). The van der Waals surface area contributed by atoms with Crippen molar-refractivity contribution in [3.63, 3.8) is 0 Å². The number of aliphatic carboxylic acids is 1. The smallest absolute Gasteiger partial charge is 0.305 e. The number of carbonyl (C=O) groups excluding carboxylic acids is 1. The average molecular weight is 295 g/mol. The monoisotopic (exact) mass is 295 g/mol. The van der Waals surface area contributed by atoms with Crippen LogP contribution in [0.25, 0.3) is 0 Å². The highest BCUT2D eigenvalue weighted by molar-refractivity contribution is 5.80. The topological polar surface area (TPSA) is 93.5 Å². The summed E-state index contributed by atoms with van der Waals surface area (Å²) in [5, 5.41) is 15.9. The van der Waals surface area contributed by atoms with Crippen molar-refractivity contribution < 1.29 is 19.4 Å². The normalized spacial score (nSPS) is 16.1. The fourth-order valence-corrected chi connectivity index (χ4v) is 2.67. The summed E-state index contributed by atoms with van der Waals surface area (Å²) in [4.78, 5) is 22.8. The minimum Gasteiger partial charge on any atom is -0.481 e. The number of ether oxygens (including phenoxy) is 1. The van der Waals surface area contributed by atoms with E-state index in [0.717, 1.165) is 17.8 Å². The zero-order valence-corrected chi connectivity index (χ0v) is 12.6. The molecule has 0 unspecified atom stereocenters. The van der Waals surface area contributed by atoms with E-state index in [1.807, 2.05) is 20.9 Å². The molecule has 1 aromatic rings. The number of rotatable bonds is 6. The van der Waals surface area contributed by atoms with Gasteiger partial charge in [-0.1, -0.05) is 0 Å². The van der Waals surface area contributed by atoms with Crippen LogP contribution in [0.15, 0.2) is 0 Å². The number of carbonyl (C=O) groups is 2.